The Labute approximate surface area is 121 Å². The molecule has 102 valence electrons. The van der Waals surface area contributed by atoms with Crippen LogP contribution in [0.3, 0.4) is 0 Å². The van der Waals surface area contributed by atoms with Crippen LogP contribution in [0.1, 0.15) is 31.9 Å². The van der Waals surface area contributed by atoms with Gasteiger partial charge >= 0.3 is 0 Å². The molecule has 1 aromatic carbocycles. The van der Waals surface area contributed by atoms with Crippen LogP contribution in [0.5, 0.6) is 0 Å². The summed E-state index contributed by atoms with van der Waals surface area (Å²) in [5.74, 6) is -0.954. The monoisotopic (exact) mass is 324 g/mol. The van der Waals surface area contributed by atoms with Crippen molar-refractivity contribution < 1.29 is 14.7 Å². The van der Waals surface area contributed by atoms with E-state index in [4.69, 9.17) is 0 Å². The van der Waals surface area contributed by atoms with Gasteiger partial charge in [-0.3, -0.25) is 9.59 Å². The van der Waals surface area contributed by atoms with Gasteiger partial charge in [-0.2, -0.15) is 0 Å². The van der Waals surface area contributed by atoms with Crippen LogP contribution in [0, 0.1) is 5.92 Å². The van der Waals surface area contributed by atoms with Crippen LogP contribution in [-0.4, -0.2) is 16.7 Å². The lowest BCUT2D eigenvalue weighted by Crippen LogP contribution is -2.22. The number of carbonyl (C=O) groups is 2. The van der Waals surface area contributed by atoms with Crippen LogP contribution >= 0.6 is 15.9 Å². The quantitative estimate of drug-likeness (QED) is 0.817. The number of benzene rings is 1. The maximum absolute atomic E-state index is 11.7. The predicted molar refractivity (Wildman–Crippen MR) is 77.7 cm³/mol. The van der Waals surface area contributed by atoms with E-state index in [1.807, 2.05) is 0 Å². The van der Waals surface area contributed by atoms with Crippen molar-refractivity contribution in [1.29, 1.82) is 0 Å². The van der Waals surface area contributed by atoms with E-state index in [1.165, 1.54) is 13.8 Å². The number of rotatable bonds is 6. The molecule has 0 amide bonds. The van der Waals surface area contributed by atoms with Crippen molar-refractivity contribution in [2.75, 3.05) is 0 Å². The Bertz CT molecular complexity index is 491. The minimum absolute atomic E-state index is 0.155. The normalized spacial score (nSPS) is 13.7. The molecule has 0 bridgehead atoms. The van der Waals surface area contributed by atoms with Crippen LogP contribution in [0.4, 0.5) is 0 Å². The highest BCUT2D eigenvalue weighted by atomic mass is 79.9. The number of Topliss-reactive ketones (excluding diaryl/α,β-unsaturated/α-hetero) is 2. The third-order valence-electron chi connectivity index (χ3n) is 3.08. The molecule has 3 nitrogen and oxygen atoms in total. The molecule has 2 unspecified atom stereocenters. The first-order valence-corrected chi connectivity index (χ1v) is 6.75. The van der Waals surface area contributed by atoms with E-state index in [-0.39, 0.29) is 18.0 Å². The fraction of sp³-hybridized carbons (Fsp3) is 0.333. The Hall–Kier alpha value is -1.26. The molecule has 0 aliphatic carbocycles. The second-order valence-corrected chi connectivity index (χ2v) is 5.49. The van der Waals surface area contributed by atoms with Crippen LogP contribution in [0.2, 0.25) is 0 Å². The van der Waals surface area contributed by atoms with Crippen LogP contribution in [0.15, 0.2) is 40.9 Å². The summed E-state index contributed by atoms with van der Waals surface area (Å²) in [5, 5.41) is 10.3. The molecular weight excluding hydrogens is 308 g/mol. The van der Waals surface area contributed by atoms with Gasteiger partial charge in [-0.1, -0.05) is 34.6 Å². The number of allylic oxidation sites excluding steroid dienone is 1. The van der Waals surface area contributed by atoms with E-state index in [9.17, 15) is 14.7 Å². The van der Waals surface area contributed by atoms with Crippen molar-refractivity contribution >= 4 is 27.5 Å². The average Bonchev–Trinajstić information content (AvgIpc) is 2.35. The van der Waals surface area contributed by atoms with Crippen LogP contribution in [-0.2, 0) is 9.59 Å². The molecule has 0 aliphatic heterocycles. The van der Waals surface area contributed by atoms with Crippen molar-refractivity contribution in [2.24, 2.45) is 5.92 Å². The van der Waals surface area contributed by atoms with Crippen molar-refractivity contribution in [1.82, 2.24) is 0 Å². The zero-order valence-electron chi connectivity index (χ0n) is 11.0. The maximum atomic E-state index is 11.7. The number of hydrogen-bond acceptors (Lipinski definition) is 3. The van der Waals surface area contributed by atoms with Crippen molar-refractivity contribution in [3.63, 3.8) is 0 Å². The summed E-state index contributed by atoms with van der Waals surface area (Å²) in [6, 6.07) is 7.10. The number of ketones is 2. The summed E-state index contributed by atoms with van der Waals surface area (Å²) in [6.07, 6.45) is -0.747. The Balaban J connectivity index is 2.93. The molecule has 0 aliphatic rings. The molecule has 0 spiro atoms. The highest BCUT2D eigenvalue weighted by Gasteiger charge is 2.26. The number of aliphatic hydroxyl groups is 1. The molecule has 19 heavy (non-hydrogen) atoms. The number of hydrogen-bond donors (Lipinski definition) is 1. The fourth-order valence-corrected chi connectivity index (χ4v) is 2.04. The summed E-state index contributed by atoms with van der Waals surface area (Å²) in [6.45, 7) is 6.47. The predicted octanol–water partition coefficient (Wildman–Crippen LogP) is 3.22. The summed E-state index contributed by atoms with van der Waals surface area (Å²) in [7, 11) is 0. The molecule has 0 aromatic heterocycles. The van der Waals surface area contributed by atoms with Gasteiger partial charge in [0.25, 0.3) is 0 Å². The van der Waals surface area contributed by atoms with E-state index >= 15 is 0 Å². The molecular formula is C15H17BrO3. The second-order valence-electron chi connectivity index (χ2n) is 4.58. The third kappa shape index (κ3) is 4.40. The molecule has 0 heterocycles. The van der Waals surface area contributed by atoms with Crippen LogP contribution in [0.25, 0.3) is 0 Å². The van der Waals surface area contributed by atoms with Gasteiger partial charge in [-0.25, -0.2) is 0 Å². The number of halogens is 1. The Morgan fingerprint density at radius 2 is 1.79 bits per heavy atom. The second kappa shape index (κ2) is 6.78. The molecule has 0 radical (unpaired) electrons. The smallest absolute Gasteiger partial charge is 0.155 e. The van der Waals surface area contributed by atoms with Gasteiger partial charge in [0.15, 0.2) is 5.78 Å². The topological polar surface area (TPSA) is 54.4 Å². The molecule has 1 rings (SSSR count). The van der Waals surface area contributed by atoms with E-state index in [1.54, 1.807) is 24.3 Å². The van der Waals surface area contributed by atoms with Gasteiger partial charge in [0, 0.05) is 4.47 Å². The molecule has 0 saturated heterocycles. The van der Waals surface area contributed by atoms with E-state index in [2.05, 4.69) is 22.5 Å². The van der Waals surface area contributed by atoms with Gasteiger partial charge in [0.05, 0.1) is 12.0 Å². The first-order valence-electron chi connectivity index (χ1n) is 5.95. The Kier molecular flexibility index (Phi) is 5.63. The zero-order valence-corrected chi connectivity index (χ0v) is 12.6. The third-order valence-corrected chi connectivity index (χ3v) is 3.61. The fourth-order valence-electron chi connectivity index (χ4n) is 1.78. The Morgan fingerprint density at radius 1 is 1.26 bits per heavy atom. The molecule has 1 N–H and O–H groups in total. The molecule has 4 heteroatoms. The van der Waals surface area contributed by atoms with Crippen molar-refractivity contribution in [2.45, 2.75) is 26.4 Å². The standard InChI is InChI=1S/C15H17BrO3/c1-9(10(2)17)8-14(11(3)18)15(19)12-4-6-13(16)7-5-12/h4-7,14-15,19H,1,8H2,2-3H3. The van der Waals surface area contributed by atoms with Gasteiger partial charge in [-0.05, 0) is 43.5 Å². The summed E-state index contributed by atoms with van der Waals surface area (Å²) in [5.41, 5.74) is 1.01. The minimum atomic E-state index is -0.929. The van der Waals surface area contributed by atoms with E-state index in [0.29, 0.717) is 11.1 Å². The molecule has 1 aromatic rings. The highest BCUT2D eigenvalue weighted by molar-refractivity contribution is 9.10. The van der Waals surface area contributed by atoms with Gasteiger partial charge in [0.1, 0.15) is 5.78 Å². The summed E-state index contributed by atoms with van der Waals surface area (Å²) < 4.78 is 0.899. The maximum Gasteiger partial charge on any atom is 0.155 e. The SMILES string of the molecule is C=C(CC(C(C)=O)C(O)c1ccc(Br)cc1)C(C)=O. The minimum Gasteiger partial charge on any atom is -0.388 e. The summed E-state index contributed by atoms with van der Waals surface area (Å²) in [4.78, 5) is 22.9. The lowest BCUT2D eigenvalue weighted by atomic mass is 9.86. The van der Waals surface area contributed by atoms with Gasteiger partial charge in [-0.15, -0.1) is 0 Å². The molecule has 0 saturated carbocycles. The molecule has 2 atom stereocenters. The number of aliphatic hydroxyl groups excluding tert-OH is 1. The zero-order chi connectivity index (χ0) is 14.6. The lowest BCUT2D eigenvalue weighted by Gasteiger charge is -2.21. The van der Waals surface area contributed by atoms with E-state index < -0.39 is 12.0 Å². The summed E-state index contributed by atoms with van der Waals surface area (Å²) >= 11 is 3.31. The Morgan fingerprint density at radius 3 is 2.21 bits per heavy atom. The highest BCUT2D eigenvalue weighted by Crippen LogP contribution is 2.28. The number of carbonyl (C=O) groups excluding carboxylic acids is 2. The first-order chi connectivity index (χ1) is 8.82. The van der Waals surface area contributed by atoms with Crippen LogP contribution < -0.4 is 0 Å². The van der Waals surface area contributed by atoms with Crippen molar-refractivity contribution in [3.8, 4) is 0 Å². The van der Waals surface area contributed by atoms with Gasteiger partial charge < -0.3 is 5.11 Å². The average molecular weight is 325 g/mol. The largest absolute Gasteiger partial charge is 0.388 e. The van der Waals surface area contributed by atoms with Crippen molar-refractivity contribution in [3.05, 3.63) is 46.5 Å². The lowest BCUT2D eigenvalue weighted by molar-refractivity contribution is -0.124. The van der Waals surface area contributed by atoms with E-state index in [0.717, 1.165) is 4.47 Å². The molecule has 0 fully saturated rings. The van der Waals surface area contributed by atoms with Gasteiger partial charge in [0.2, 0.25) is 0 Å². The first kappa shape index (κ1) is 15.8.